The molecule has 0 aromatic heterocycles. The van der Waals surface area contributed by atoms with Crippen molar-refractivity contribution in [2.75, 3.05) is 27.9 Å². The van der Waals surface area contributed by atoms with Gasteiger partial charge in [0.2, 0.25) is 12.0 Å². The molecule has 0 heterocycles. The molecule has 0 rings (SSSR count). The Kier molecular flexibility index (Phi) is 14.6. The number of nitrogens with zero attached hydrogens (tertiary/aromatic N) is 1. The molecule has 0 aromatic carbocycles. The quantitative estimate of drug-likeness (QED) is 0.194. The van der Waals surface area contributed by atoms with Gasteiger partial charge in [-0.25, -0.2) is 9.79 Å². The molecule has 0 fully saturated rings. The fraction of sp³-hybridized carbons (Fsp3) is 0.882. The first kappa shape index (κ1) is 23.9. The lowest BCUT2D eigenvalue weighted by molar-refractivity contribution is -0.121. The summed E-state index contributed by atoms with van der Waals surface area (Å²) >= 11 is 0. The zero-order chi connectivity index (χ0) is 19.0. The van der Waals surface area contributed by atoms with Gasteiger partial charge in [0, 0.05) is 40.3 Å². The Hall–Kier alpha value is -1.05. The van der Waals surface area contributed by atoms with Crippen molar-refractivity contribution in [3.63, 3.8) is 0 Å². The number of hydrogen-bond acceptors (Lipinski definition) is 6. The Bertz CT molecular complexity index is 390. The zero-order valence-corrected chi connectivity index (χ0v) is 17.1. The van der Waals surface area contributed by atoms with Gasteiger partial charge in [-0.15, -0.1) is 0 Å². The molecular formula is C17H34N2O5Si. The third-order valence-electron chi connectivity index (χ3n) is 4.25. The van der Waals surface area contributed by atoms with Crippen molar-refractivity contribution >= 4 is 20.8 Å². The summed E-state index contributed by atoms with van der Waals surface area (Å²) in [6.45, 7) is 2.70. The number of hydrogen-bond donors (Lipinski definition) is 1. The number of nitrogens with one attached hydrogen (secondary N) is 1. The number of rotatable bonds is 16. The number of unbranched alkanes of at least 4 members (excludes halogenated alkanes) is 3. The molecule has 0 aliphatic rings. The molecule has 0 saturated carbocycles. The maximum Gasteiger partial charge on any atom is 0.500 e. The molecule has 1 amide bonds. The Balaban J connectivity index is 4.01. The third-order valence-corrected chi connectivity index (χ3v) is 7.08. The van der Waals surface area contributed by atoms with Crippen LogP contribution >= 0.6 is 0 Å². The van der Waals surface area contributed by atoms with Crippen LogP contribution in [0.1, 0.15) is 58.3 Å². The van der Waals surface area contributed by atoms with Gasteiger partial charge < -0.3 is 18.6 Å². The van der Waals surface area contributed by atoms with E-state index in [0.717, 1.165) is 25.7 Å². The molecule has 7 nitrogen and oxygen atoms in total. The maximum absolute atomic E-state index is 11.9. The maximum atomic E-state index is 11.9. The van der Waals surface area contributed by atoms with E-state index in [2.05, 4.69) is 17.2 Å². The minimum absolute atomic E-state index is 0.0285. The zero-order valence-electron chi connectivity index (χ0n) is 16.1. The molecule has 0 aromatic rings. The van der Waals surface area contributed by atoms with Crippen molar-refractivity contribution in [2.45, 2.75) is 70.4 Å². The molecule has 0 spiro atoms. The van der Waals surface area contributed by atoms with Crippen LogP contribution in [0.4, 0.5) is 0 Å². The predicted octanol–water partition coefficient (Wildman–Crippen LogP) is 2.83. The van der Waals surface area contributed by atoms with Crippen LogP contribution in [-0.4, -0.2) is 54.7 Å². The average Bonchev–Trinajstić information content (AvgIpc) is 2.64. The number of amides is 1. The van der Waals surface area contributed by atoms with Gasteiger partial charge in [0.05, 0.1) is 6.04 Å². The molecule has 0 bridgehead atoms. The van der Waals surface area contributed by atoms with Crippen molar-refractivity contribution in [1.82, 2.24) is 5.32 Å². The average molecular weight is 375 g/mol. The van der Waals surface area contributed by atoms with Crippen LogP contribution in [-0.2, 0) is 22.9 Å². The SMILES string of the molecule is CCCCCCC(CCC(=O)NCCC[Si](OC)(OC)OC)N=C=O. The smallest absolute Gasteiger partial charge is 0.377 e. The fourth-order valence-corrected chi connectivity index (χ4v) is 4.35. The number of carbonyl (C=O) groups excluding carboxylic acids is 2. The standard InChI is InChI=1S/C17H34N2O5Si/c1-5-6-7-8-10-16(19-15-20)11-12-17(21)18-13-9-14-25(22-2,23-3)24-4/h16H,5-14H2,1-4H3,(H,18,21). The fourth-order valence-electron chi connectivity index (χ4n) is 2.63. The lowest BCUT2D eigenvalue weighted by Gasteiger charge is -2.24. The van der Waals surface area contributed by atoms with Gasteiger partial charge in [-0.3, -0.25) is 4.79 Å². The first-order valence-electron chi connectivity index (χ1n) is 9.06. The highest BCUT2D eigenvalue weighted by atomic mass is 28.4. The molecule has 1 atom stereocenters. The van der Waals surface area contributed by atoms with Crippen molar-refractivity contribution in [3.05, 3.63) is 0 Å². The molecular weight excluding hydrogens is 340 g/mol. The molecule has 0 radical (unpaired) electrons. The monoisotopic (exact) mass is 374 g/mol. The van der Waals surface area contributed by atoms with E-state index < -0.39 is 8.80 Å². The van der Waals surface area contributed by atoms with Gasteiger partial charge in [-0.1, -0.05) is 32.6 Å². The van der Waals surface area contributed by atoms with Crippen molar-refractivity contribution in [3.8, 4) is 0 Å². The van der Waals surface area contributed by atoms with E-state index in [4.69, 9.17) is 13.3 Å². The van der Waals surface area contributed by atoms with Crippen LogP contribution in [0.3, 0.4) is 0 Å². The van der Waals surface area contributed by atoms with E-state index in [-0.39, 0.29) is 11.9 Å². The lowest BCUT2D eigenvalue weighted by Crippen LogP contribution is -2.43. The summed E-state index contributed by atoms with van der Waals surface area (Å²) < 4.78 is 16.0. The number of carbonyl (C=O) groups is 1. The van der Waals surface area contributed by atoms with Gasteiger partial charge in [-0.2, -0.15) is 0 Å². The highest BCUT2D eigenvalue weighted by molar-refractivity contribution is 6.60. The highest BCUT2D eigenvalue weighted by Gasteiger charge is 2.36. The summed E-state index contributed by atoms with van der Waals surface area (Å²) in [5.74, 6) is -0.0285. The molecule has 1 unspecified atom stereocenters. The number of aliphatic imine (C=N–C) groups is 1. The van der Waals surface area contributed by atoms with Crippen LogP contribution in [0.25, 0.3) is 0 Å². The van der Waals surface area contributed by atoms with Gasteiger partial charge in [0.25, 0.3) is 0 Å². The van der Waals surface area contributed by atoms with E-state index in [1.54, 1.807) is 27.4 Å². The summed E-state index contributed by atoms with van der Waals surface area (Å²) in [6.07, 6.45) is 8.66. The Morgan fingerprint density at radius 3 is 2.32 bits per heavy atom. The van der Waals surface area contributed by atoms with Crippen molar-refractivity contribution in [1.29, 1.82) is 0 Å². The molecule has 8 heteroatoms. The first-order chi connectivity index (χ1) is 12.1. The normalized spacial score (nSPS) is 12.5. The van der Waals surface area contributed by atoms with E-state index in [0.29, 0.717) is 25.4 Å². The molecule has 1 N–H and O–H groups in total. The predicted molar refractivity (Wildman–Crippen MR) is 99.1 cm³/mol. The Morgan fingerprint density at radius 1 is 1.08 bits per heavy atom. The highest BCUT2D eigenvalue weighted by Crippen LogP contribution is 2.15. The van der Waals surface area contributed by atoms with E-state index >= 15 is 0 Å². The molecule has 0 saturated heterocycles. The van der Waals surface area contributed by atoms with Crippen LogP contribution in [0.2, 0.25) is 6.04 Å². The summed E-state index contributed by atoms with van der Waals surface area (Å²) in [4.78, 5) is 26.3. The van der Waals surface area contributed by atoms with Gasteiger partial charge in [-0.05, 0) is 19.3 Å². The van der Waals surface area contributed by atoms with Gasteiger partial charge in [0.15, 0.2) is 0 Å². The number of isocyanates is 1. The summed E-state index contributed by atoms with van der Waals surface area (Å²) in [5, 5.41) is 2.88. The molecule has 146 valence electrons. The summed E-state index contributed by atoms with van der Waals surface area (Å²) in [5.41, 5.74) is 0. The minimum atomic E-state index is -2.57. The van der Waals surface area contributed by atoms with Crippen molar-refractivity contribution in [2.24, 2.45) is 4.99 Å². The molecule has 25 heavy (non-hydrogen) atoms. The van der Waals surface area contributed by atoms with Gasteiger partial charge >= 0.3 is 8.80 Å². The minimum Gasteiger partial charge on any atom is -0.377 e. The molecule has 0 aliphatic carbocycles. The van der Waals surface area contributed by atoms with Crippen LogP contribution in [0, 0.1) is 0 Å². The van der Waals surface area contributed by atoms with Crippen LogP contribution in [0.5, 0.6) is 0 Å². The Morgan fingerprint density at radius 2 is 1.76 bits per heavy atom. The van der Waals surface area contributed by atoms with Crippen LogP contribution < -0.4 is 5.32 Å². The topological polar surface area (TPSA) is 86.2 Å². The molecule has 0 aliphatic heterocycles. The first-order valence-corrected chi connectivity index (χ1v) is 11.0. The summed E-state index contributed by atoms with van der Waals surface area (Å²) in [6, 6.07) is 0.544. The van der Waals surface area contributed by atoms with E-state index in [9.17, 15) is 9.59 Å². The van der Waals surface area contributed by atoms with E-state index in [1.165, 1.54) is 12.8 Å². The second-order valence-electron chi connectivity index (χ2n) is 6.01. The lowest BCUT2D eigenvalue weighted by atomic mass is 10.0. The largest absolute Gasteiger partial charge is 0.500 e. The third kappa shape index (κ3) is 11.2. The van der Waals surface area contributed by atoms with Gasteiger partial charge in [0.1, 0.15) is 0 Å². The van der Waals surface area contributed by atoms with Crippen molar-refractivity contribution < 1.29 is 22.9 Å². The second-order valence-corrected chi connectivity index (χ2v) is 9.10. The summed E-state index contributed by atoms with van der Waals surface area (Å²) in [7, 11) is 2.16. The Labute approximate surface area is 152 Å². The van der Waals surface area contributed by atoms with Crippen LogP contribution in [0.15, 0.2) is 4.99 Å². The second kappa shape index (κ2) is 15.2. The van der Waals surface area contributed by atoms with E-state index in [1.807, 2.05) is 0 Å².